The molecule has 0 saturated carbocycles. The molecule has 0 N–H and O–H groups in total. The molecule has 0 unspecified atom stereocenters. The summed E-state index contributed by atoms with van der Waals surface area (Å²) in [5.41, 5.74) is 20.6. The van der Waals surface area contributed by atoms with Crippen LogP contribution in [0.15, 0.2) is 242 Å². The Hall–Kier alpha value is -8.14. The molecule has 0 heterocycles. The molecular formula is C67H61N3. The van der Waals surface area contributed by atoms with Gasteiger partial charge in [0.15, 0.2) is 0 Å². The molecule has 0 aromatic heterocycles. The van der Waals surface area contributed by atoms with Crippen molar-refractivity contribution in [3.05, 3.63) is 281 Å². The van der Waals surface area contributed by atoms with Crippen LogP contribution in [0, 0.1) is 0 Å². The number of aryl methyl sites for hydroxylation is 3. The topological polar surface area (TPSA) is 9.72 Å². The van der Waals surface area contributed by atoms with Gasteiger partial charge in [-0.25, -0.2) is 0 Å². The largest absolute Gasteiger partial charge is 0.311 e. The van der Waals surface area contributed by atoms with Gasteiger partial charge >= 0.3 is 0 Å². The Morgan fingerprint density at radius 2 is 0.857 bits per heavy atom. The van der Waals surface area contributed by atoms with E-state index in [9.17, 15) is 0 Å². The van der Waals surface area contributed by atoms with Gasteiger partial charge in [-0.2, -0.15) is 0 Å². The number of allylic oxidation sites excluding steroid dienone is 5. The number of anilines is 8. The van der Waals surface area contributed by atoms with Crippen molar-refractivity contribution in [2.24, 2.45) is 0 Å². The van der Waals surface area contributed by atoms with Crippen molar-refractivity contribution in [1.29, 1.82) is 0 Å². The lowest BCUT2D eigenvalue weighted by Crippen LogP contribution is -2.16. The number of hydrogen-bond acceptors (Lipinski definition) is 3. The van der Waals surface area contributed by atoms with Crippen LogP contribution >= 0.6 is 0 Å². The number of hydrogen-bond donors (Lipinski definition) is 0. The van der Waals surface area contributed by atoms with Gasteiger partial charge < -0.3 is 14.7 Å². The minimum atomic E-state index is 0.926. The summed E-state index contributed by atoms with van der Waals surface area (Å²) in [4.78, 5) is 7.08. The lowest BCUT2D eigenvalue weighted by molar-refractivity contribution is 0.685. The maximum atomic E-state index is 4.41. The number of para-hydroxylation sites is 3. The van der Waals surface area contributed by atoms with E-state index >= 15 is 0 Å². The molecule has 0 spiro atoms. The van der Waals surface area contributed by atoms with Gasteiger partial charge in [-0.1, -0.05) is 152 Å². The van der Waals surface area contributed by atoms with Crippen molar-refractivity contribution < 1.29 is 0 Å². The van der Waals surface area contributed by atoms with Gasteiger partial charge in [-0.3, -0.25) is 0 Å². The first-order valence-electron chi connectivity index (χ1n) is 25.1. The SMILES string of the molecule is C=C(/C=C\C(=C/C)N(c1ccccc1)c1ccc2c(c1)CCCC2)/C=C/c1ccc(N(c2ccccc2)c2ccc(/C=C/c3ccc(N(c4ccccc4)c4cccc5c4CCCC5)cc3)cc2)cc1. The summed E-state index contributed by atoms with van der Waals surface area (Å²) in [6.45, 7) is 6.52. The second-order valence-electron chi connectivity index (χ2n) is 18.4. The Bertz CT molecular complexity index is 3140. The molecule has 8 aromatic carbocycles. The minimum Gasteiger partial charge on any atom is -0.311 e. The van der Waals surface area contributed by atoms with Gasteiger partial charge in [0, 0.05) is 51.2 Å². The normalized spacial score (nSPS) is 13.6. The van der Waals surface area contributed by atoms with E-state index in [1.54, 1.807) is 0 Å². The van der Waals surface area contributed by atoms with Crippen LogP contribution in [0.4, 0.5) is 45.5 Å². The summed E-state index contributed by atoms with van der Waals surface area (Å²) >= 11 is 0. The quantitative estimate of drug-likeness (QED) is 0.0750. The molecule has 0 fully saturated rings. The Morgan fingerprint density at radius 1 is 0.386 bits per heavy atom. The van der Waals surface area contributed by atoms with Crippen LogP contribution in [-0.4, -0.2) is 0 Å². The number of rotatable bonds is 15. The zero-order chi connectivity index (χ0) is 47.5. The van der Waals surface area contributed by atoms with Crippen LogP contribution < -0.4 is 14.7 Å². The maximum absolute atomic E-state index is 4.41. The Kier molecular flexibility index (Phi) is 14.3. The monoisotopic (exact) mass is 907 g/mol. The molecule has 2 aliphatic rings. The molecule has 0 aliphatic heterocycles. The molecule has 0 radical (unpaired) electrons. The van der Waals surface area contributed by atoms with Crippen LogP contribution in [-0.2, 0) is 25.7 Å². The minimum absolute atomic E-state index is 0.926. The van der Waals surface area contributed by atoms with E-state index in [1.165, 1.54) is 77.1 Å². The predicted molar refractivity (Wildman–Crippen MR) is 301 cm³/mol. The van der Waals surface area contributed by atoms with Crippen molar-refractivity contribution in [3.8, 4) is 0 Å². The lowest BCUT2D eigenvalue weighted by Gasteiger charge is -2.30. The van der Waals surface area contributed by atoms with E-state index in [1.807, 2.05) is 0 Å². The van der Waals surface area contributed by atoms with E-state index in [0.717, 1.165) is 70.0 Å². The van der Waals surface area contributed by atoms with E-state index in [2.05, 4.69) is 271 Å². The third kappa shape index (κ3) is 10.6. The third-order valence-electron chi connectivity index (χ3n) is 13.7. The van der Waals surface area contributed by atoms with Gasteiger partial charge in [0.2, 0.25) is 0 Å². The van der Waals surface area contributed by atoms with Crippen LogP contribution in [0.3, 0.4) is 0 Å². The van der Waals surface area contributed by atoms with Gasteiger partial charge in [-0.15, -0.1) is 0 Å². The van der Waals surface area contributed by atoms with Crippen LogP contribution in [0.2, 0.25) is 0 Å². The van der Waals surface area contributed by atoms with E-state index in [-0.39, 0.29) is 0 Å². The zero-order valence-electron chi connectivity index (χ0n) is 40.3. The molecule has 2 aliphatic carbocycles. The molecule has 0 saturated heterocycles. The summed E-state index contributed by atoms with van der Waals surface area (Å²) < 4.78 is 0. The second kappa shape index (κ2) is 21.9. The zero-order valence-corrected chi connectivity index (χ0v) is 40.3. The first-order valence-corrected chi connectivity index (χ1v) is 25.1. The highest BCUT2D eigenvalue weighted by Crippen LogP contribution is 2.41. The fourth-order valence-electron chi connectivity index (χ4n) is 10.0. The van der Waals surface area contributed by atoms with Crippen molar-refractivity contribution in [2.75, 3.05) is 14.7 Å². The van der Waals surface area contributed by atoms with Gasteiger partial charge in [-0.05, 0) is 200 Å². The predicted octanol–water partition coefficient (Wildman–Crippen LogP) is 18.4. The van der Waals surface area contributed by atoms with E-state index < -0.39 is 0 Å². The molecule has 10 rings (SSSR count). The second-order valence-corrected chi connectivity index (χ2v) is 18.4. The molecule has 344 valence electrons. The van der Waals surface area contributed by atoms with Gasteiger partial charge in [0.25, 0.3) is 0 Å². The number of fused-ring (bicyclic) bond motifs is 2. The summed E-state index contributed by atoms with van der Waals surface area (Å²) in [5.74, 6) is 0. The molecule has 3 nitrogen and oxygen atoms in total. The summed E-state index contributed by atoms with van der Waals surface area (Å²) in [5, 5.41) is 0. The fourth-order valence-corrected chi connectivity index (χ4v) is 10.0. The Balaban J connectivity index is 0.826. The summed E-state index contributed by atoms with van der Waals surface area (Å²) in [7, 11) is 0. The van der Waals surface area contributed by atoms with Crippen molar-refractivity contribution >= 4 is 63.7 Å². The van der Waals surface area contributed by atoms with E-state index in [0.29, 0.717) is 0 Å². The van der Waals surface area contributed by atoms with Crippen LogP contribution in [0.1, 0.15) is 71.6 Å². The highest BCUT2D eigenvalue weighted by molar-refractivity contribution is 5.82. The smallest absolute Gasteiger partial charge is 0.0496 e. The average molecular weight is 908 g/mol. The number of benzene rings is 8. The molecule has 8 aromatic rings. The Morgan fingerprint density at radius 3 is 1.44 bits per heavy atom. The Labute approximate surface area is 416 Å². The molecule has 70 heavy (non-hydrogen) atoms. The highest BCUT2D eigenvalue weighted by Gasteiger charge is 2.21. The van der Waals surface area contributed by atoms with E-state index in [4.69, 9.17) is 0 Å². The number of nitrogens with zero attached hydrogens (tertiary/aromatic N) is 3. The first-order chi connectivity index (χ1) is 34.6. The maximum Gasteiger partial charge on any atom is 0.0496 e. The molecule has 0 atom stereocenters. The summed E-state index contributed by atoms with van der Waals surface area (Å²) in [6, 6.07) is 72.3. The molecule has 0 bridgehead atoms. The molecule has 3 heteroatoms. The summed E-state index contributed by atoms with van der Waals surface area (Å²) in [6.07, 6.45) is 24.8. The van der Waals surface area contributed by atoms with Crippen LogP contribution in [0.5, 0.6) is 0 Å². The standard InChI is InChI=1S/C67H61N3/c1-3-58(68(59-22-7-4-8-23-59)65-49-41-55-18-13-14-20-57(55)50-65)42-31-51(2)30-32-52-35-43-62(44-36-52)69(60-24-9-5-10-25-60)63-45-37-53(38-46-63)33-34-54-39-47-64(48-40-54)70(61-26-11-6-12-27-61)67-29-17-21-56-19-15-16-28-66(56)67/h3-12,17,21-27,29-50H,2,13-16,18-20,28H2,1H3/b32-30+,34-33+,42-31-,58-3+. The fraction of sp³-hybridized carbons (Fsp3) is 0.134. The van der Waals surface area contributed by atoms with Crippen molar-refractivity contribution in [2.45, 2.75) is 58.3 Å². The van der Waals surface area contributed by atoms with Crippen molar-refractivity contribution in [1.82, 2.24) is 0 Å². The van der Waals surface area contributed by atoms with Crippen molar-refractivity contribution in [3.63, 3.8) is 0 Å². The third-order valence-corrected chi connectivity index (χ3v) is 13.7. The molecular weight excluding hydrogens is 847 g/mol. The molecule has 0 amide bonds. The first kappa shape index (κ1) is 45.6. The lowest BCUT2D eigenvalue weighted by atomic mass is 9.90. The highest BCUT2D eigenvalue weighted by atomic mass is 15.2. The van der Waals surface area contributed by atoms with Gasteiger partial charge in [0.1, 0.15) is 0 Å². The van der Waals surface area contributed by atoms with Crippen LogP contribution in [0.25, 0.3) is 18.2 Å². The average Bonchev–Trinajstić information content (AvgIpc) is 3.43. The van der Waals surface area contributed by atoms with Gasteiger partial charge in [0.05, 0.1) is 0 Å².